The Labute approximate surface area is 121 Å². The average Bonchev–Trinajstić information content (AvgIpc) is 2.40. The van der Waals surface area contributed by atoms with E-state index in [9.17, 15) is 4.79 Å². The maximum absolute atomic E-state index is 12.0. The normalized spacial score (nSPS) is 11.9. The predicted molar refractivity (Wildman–Crippen MR) is 80.9 cm³/mol. The molecule has 2 aromatic rings. The second-order valence-electron chi connectivity index (χ2n) is 4.30. The number of hydrogen-bond acceptors (Lipinski definition) is 2. The molecule has 19 heavy (non-hydrogen) atoms. The van der Waals surface area contributed by atoms with E-state index in [1.54, 1.807) is 0 Å². The molecule has 0 aromatic heterocycles. The fourth-order valence-electron chi connectivity index (χ4n) is 1.76. The number of hydrogen-bond donors (Lipinski definition) is 2. The fraction of sp³-hybridized carbons (Fsp3) is 0.133. The van der Waals surface area contributed by atoms with Gasteiger partial charge in [0, 0.05) is 10.2 Å². The number of nitrogens with two attached hydrogens (primary N) is 1. The van der Waals surface area contributed by atoms with Crippen LogP contribution >= 0.6 is 15.9 Å². The van der Waals surface area contributed by atoms with Crippen molar-refractivity contribution in [2.45, 2.75) is 12.5 Å². The van der Waals surface area contributed by atoms with Gasteiger partial charge in [0.25, 0.3) is 0 Å². The Balaban J connectivity index is 1.96. The molecule has 0 fully saturated rings. The number of amides is 1. The monoisotopic (exact) mass is 318 g/mol. The molecule has 4 heteroatoms. The summed E-state index contributed by atoms with van der Waals surface area (Å²) >= 11 is 3.36. The summed E-state index contributed by atoms with van der Waals surface area (Å²) < 4.78 is 0.918. The molecule has 0 aliphatic carbocycles. The van der Waals surface area contributed by atoms with Crippen molar-refractivity contribution in [1.29, 1.82) is 0 Å². The Hall–Kier alpha value is -1.65. The molecule has 3 nitrogen and oxygen atoms in total. The SMILES string of the molecule is NC(Cc1ccccc1)C(=O)Nc1cccc(Br)c1. The molecule has 2 rings (SSSR count). The average molecular weight is 319 g/mol. The number of benzene rings is 2. The van der Waals surface area contributed by atoms with Crippen LogP contribution in [-0.4, -0.2) is 11.9 Å². The van der Waals surface area contributed by atoms with Crippen molar-refractivity contribution in [3.05, 3.63) is 64.6 Å². The summed E-state index contributed by atoms with van der Waals surface area (Å²) in [5.41, 5.74) is 7.71. The smallest absolute Gasteiger partial charge is 0.241 e. The van der Waals surface area contributed by atoms with Crippen molar-refractivity contribution in [1.82, 2.24) is 0 Å². The zero-order valence-electron chi connectivity index (χ0n) is 10.3. The van der Waals surface area contributed by atoms with Gasteiger partial charge in [-0.2, -0.15) is 0 Å². The van der Waals surface area contributed by atoms with Crippen molar-refractivity contribution in [3.63, 3.8) is 0 Å². The molecule has 0 heterocycles. The van der Waals surface area contributed by atoms with Crippen molar-refractivity contribution in [2.75, 3.05) is 5.32 Å². The van der Waals surface area contributed by atoms with E-state index >= 15 is 0 Å². The third-order valence-corrected chi connectivity index (χ3v) is 3.22. The van der Waals surface area contributed by atoms with Crippen LogP contribution in [0.3, 0.4) is 0 Å². The lowest BCUT2D eigenvalue weighted by molar-refractivity contribution is -0.117. The van der Waals surface area contributed by atoms with Crippen molar-refractivity contribution in [2.24, 2.45) is 5.73 Å². The molecule has 1 unspecified atom stereocenters. The Morgan fingerprint density at radius 3 is 2.58 bits per heavy atom. The summed E-state index contributed by atoms with van der Waals surface area (Å²) in [4.78, 5) is 12.0. The van der Waals surface area contributed by atoms with E-state index in [4.69, 9.17) is 5.73 Å². The highest BCUT2D eigenvalue weighted by Crippen LogP contribution is 2.16. The molecule has 0 spiro atoms. The van der Waals surface area contributed by atoms with Crippen LogP contribution in [0.2, 0.25) is 0 Å². The number of halogens is 1. The van der Waals surface area contributed by atoms with Crippen LogP contribution < -0.4 is 11.1 Å². The van der Waals surface area contributed by atoms with E-state index in [0.717, 1.165) is 15.7 Å². The lowest BCUT2D eigenvalue weighted by Gasteiger charge is -2.12. The molecule has 3 N–H and O–H groups in total. The highest BCUT2D eigenvalue weighted by molar-refractivity contribution is 9.10. The van der Waals surface area contributed by atoms with Gasteiger partial charge in [-0.25, -0.2) is 0 Å². The van der Waals surface area contributed by atoms with Gasteiger partial charge in [0.1, 0.15) is 0 Å². The zero-order chi connectivity index (χ0) is 13.7. The molecule has 1 amide bonds. The lowest BCUT2D eigenvalue weighted by Crippen LogP contribution is -2.37. The van der Waals surface area contributed by atoms with Crippen LogP contribution in [0.1, 0.15) is 5.56 Å². The first-order chi connectivity index (χ1) is 9.15. The van der Waals surface area contributed by atoms with E-state index in [0.29, 0.717) is 6.42 Å². The zero-order valence-corrected chi connectivity index (χ0v) is 11.9. The molecule has 0 bridgehead atoms. The topological polar surface area (TPSA) is 55.1 Å². The van der Waals surface area contributed by atoms with Crippen LogP contribution in [0, 0.1) is 0 Å². The highest BCUT2D eigenvalue weighted by atomic mass is 79.9. The number of nitrogens with one attached hydrogen (secondary N) is 1. The first kappa shape index (κ1) is 13.8. The molecule has 0 saturated heterocycles. The molecule has 0 aliphatic heterocycles. The third-order valence-electron chi connectivity index (χ3n) is 2.73. The summed E-state index contributed by atoms with van der Waals surface area (Å²) in [5, 5.41) is 2.81. The van der Waals surface area contributed by atoms with Gasteiger partial charge in [0.05, 0.1) is 6.04 Å². The van der Waals surface area contributed by atoms with Gasteiger partial charge in [-0.15, -0.1) is 0 Å². The summed E-state index contributed by atoms with van der Waals surface area (Å²) in [5.74, 6) is -0.179. The highest BCUT2D eigenvalue weighted by Gasteiger charge is 2.14. The second-order valence-corrected chi connectivity index (χ2v) is 5.21. The van der Waals surface area contributed by atoms with Gasteiger partial charge in [-0.05, 0) is 30.2 Å². The van der Waals surface area contributed by atoms with Crippen LogP contribution in [-0.2, 0) is 11.2 Å². The van der Waals surface area contributed by atoms with Crippen LogP contribution in [0.25, 0.3) is 0 Å². The Kier molecular flexibility index (Phi) is 4.71. The van der Waals surface area contributed by atoms with Gasteiger partial charge < -0.3 is 11.1 Å². The Morgan fingerprint density at radius 2 is 1.89 bits per heavy atom. The molecule has 98 valence electrons. The Morgan fingerprint density at radius 1 is 1.16 bits per heavy atom. The van der Waals surface area contributed by atoms with Crippen LogP contribution in [0.5, 0.6) is 0 Å². The third kappa shape index (κ3) is 4.19. The Bertz CT molecular complexity index is 557. The molecule has 0 aliphatic rings. The molecular formula is C15H15BrN2O. The summed E-state index contributed by atoms with van der Waals surface area (Å²) in [6, 6.07) is 16.6. The van der Waals surface area contributed by atoms with E-state index in [2.05, 4.69) is 21.2 Å². The first-order valence-corrected chi connectivity index (χ1v) is 6.80. The van der Waals surface area contributed by atoms with Gasteiger partial charge >= 0.3 is 0 Å². The molecule has 2 aromatic carbocycles. The van der Waals surface area contributed by atoms with E-state index in [1.165, 1.54) is 0 Å². The van der Waals surface area contributed by atoms with Crippen LogP contribution in [0.15, 0.2) is 59.1 Å². The van der Waals surface area contributed by atoms with E-state index < -0.39 is 6.04 Å². The first-order valence-electron chi connectivity index (χ1n) is 6.01. The van der Waals surface area contributed by atoms with Gasteiger partial charge in [-0.1, -0.05) is 52.3 Å². The molecular weight excluding hydrogens is 304 g/mol. The van der Waals surface area contributed by atoms with Crippen LogP contribution in [0.4, 0.5) is 5.69 Å². The summed E-state index contributed by atoms with van der Waals surface area (Å²) in [6.07, 6.45) is 0.528. The molecule has 0 radical (unpaired) electrons. The number of carbonyl (C=O) groups excluding carboxylic acids is 1. The van der Waals surface area contributed by atoms with E-state index in [-0.39, 0.29) is 5.91 Å². The minimum absolute atomic E-state index is 0.179. The number of anilines is 1. The maximum Gasteiger partial charge on any atom is 0.241 e. The standard InChI is InChI=1S/C15H15BrN2O/c16-12-7-4-8-13(10-12)18-15(19)14(17)9-11-5-2-1-3-6-11/h1-8,10,14H,9,17H2,(H,18,19). The minimum atomic E-state index is -0.554. The summed E-state index contributed by atoms with van der Waals surface area (Å²) in [6.45, 7) is 0. The summed E-state index contributed by atoms with van der Waals surface area (Å²) in [7, 11) is 0. The second kappa shape index (κ2) is 6.50. The lowest BCUT2D eigenvalue weighted by atomic mass is 10.1. The largest absolute Gasteiger partial charge is 0.325 e. The fourth-order valence-corrected chi connectivity index (χ4v) is 2.16. The van der Waals surface area contributed by atoms with Crippen molar-refractivity contribution in [3.8, 4) is 0 Å². The maximum atomic E-state index is 12.0. The van der Waals surface area contributed by atoms with Crippen molar-refractivity contribution < 1.29 is 4.79 Å². The van der Waals surface area contributed by atoms with E-state index in [1.807, 2.05) is 54.6 Å². The predicted octanol–water partition coefficient (Wildman–Crippen LogP) is 2.96. The number of carbonyl (C=O) groups is 1. The van der Waals surface area contributed by atoms with Gasteiger partial charge in [0.2, 0.25) is 5.91 Å². The molecule has 1 atom stereocenters. The van der Waals surface area contributed by atoms with Crippen molar-refractivity contribution >= 4 is 27.5 Å². The minimum Gasteiger partial charge on any atom is -0.325 e. The quantitative estimate of drug-likeness (QED) is 0.910. The van der Waals surface area contributed by atoms with Gasteiger partial charge in [0.15, 0.2) is 0 Å². The number of rotatable bonds is 4. The molecule has 0 saturated carbocycles. The van der Waals surface area contributed by atoms with Gasteiger partial charge in [-0.3, -0.25) is 4.79 Å².